The largest absolute Gasteiger partial charge is 0.489 e. The highest BCUT2D eigenvalue weighted by Gasteiger charge is 2.03. The summed E-state index contributed by atoms with van der Waals surface area (Å²) in [6.07, 6.45) is 2.94. The van der Waals surface area contributed by atoms with Crippen molar-refractivity contribution in [1.82, 2.24) is 0 Å². The highest BCUT2D eigenvalue weighted by Crippen LogP contribution is 2.27. The van der Waals surface area contributed by atoms with Crippen molar-refractivity contribution in [2.75, 3.05) is 0 Å². The molecule has 4 nitrogen and oxygen atoms in total. The summed E-state index contributed by atoms with van der Waals surface area (Å²) < 4.78 is 11.7. The summed E-state index contributed by atoms with van der Waals surface area (Å²) >= 11 is 0. The molecule has 0 radical (unpaired) electrons. The van der Waals surface area contributed by atoms with Crippen molar-refractivity contribution < 1.29 is 14.3 Å². The van der Waals surface area contributed by atoms with Gasteiger partial charge in [-0.1, -0.05) is 48.5 Å². The second-order valence-corrected chi connectivity index (χ2v) is 5.62. The summed E-state index contributed by atoms with van der Waals surface area (Å²) in [4.78, 5) is 10.9. The zero-order valence-corrected chi connectivity index (χ0v) is 14.2. The molecule has 0 bridgehead atoms. The highest BCUT2D eigenvalue weighted by atomic mass is 16.5. The number of rotatable bonds is 7. The summed E-state index contributed by atoms with van der Waals surface area (Å²) in [5.41, 5.74) is 7.04. The fourth-order valence-electron chi connectivity index (χ4n) is 2.35. The van der Waals surface area contributed by atoms with Crippen LogP contribution in [0.25, 0.3) is 6.08 Å². The molecule has 26 heavy (non-hydrogen) atoms. The first kappa shape index (κ1) is 17.3. The minimum Gasteiger partial charge on any atom is -0.489 e. The van der Waals surface area contributed by atoms with Crippen LogP contribution in [0.3, 0.4) is 0 Å². The van der Waals surface area contributed by atoms with Crippen molar-refractivity contribution in [1.29, 1.82) is 0 Å². The van der Waals surface area contributed by atoms with Gasteiger partial charge in [-0.15, -0.1) is 0 Å². The minimum atomic E-state index is -0.500. The second kappa shape index (κ2) is 8.53. The van der Waals surface area contributed by atoms with Gasteiger partial charge in [0.05, 0.1) is 0 Å². The number of ether oxygens (including phenoxy) is 2. The Balaban J connectivity index is 1.65. The van der Waals surface area contributed by atoms with Crippen molar-refractivity contribution in [3.05, 3.63) is 96.1 Å². The molecular weight excluding hydrogens is 326 g/mol. The van der Waals surface area contributed by atoms with E-state index in [1.807, 2.05) is 78.9 Å². The number of amides is 1. The fraction of sp³-hybridized carbons (Fsp3) is 0.0455. The van der Waals surface area contributed by atoms with E-state index in [0.717, 1.165) is 16.9 Å². The fourth-order valence-corrected chi connectivity index (χ4v) is 2.35. The Labute approximate surface area is 152 Å². The van der Waals surface area contributed by atoms with Crippen LogP contribution >= 0.6 is 0 Å². The summed E-state index contributed by atoms with van der Waals surface area (Å²) in [6, 6.07) is 24.8. The van der Waals surface area contributed by atoms with Gasteiger partial charge in [0.25, 0.3) is 0 Å². The number of hydrogen-bond donors (Lipinski definition) is 1. The number of carbonyl (C=O) groups excluding carboxylic acids is 1. The van der Waals surface area contributed by atoms with Gasteiger partial charge in [-0.3, -0.25) is 4.79 Å². The van der Waals surface area contributed by atoms with E-state index in [1.54, 1.807) is 6.08 Å². The number of benzene rings is 3. The van der Waals surface area contributed by atoms with Gasteiger partial charge < -0.3 is 15.2 Å². The molecule has 0 saturated heterocycles. The van der Waals surface area contributed by atoms with Gasteiger partial charge in [-0.05, 0) is 42.0 Å². The smallest absolute Gasteiger partial charge is 0.241 e. The molecule has 0 heterocycles. The summed E-state index contributed by atoms with van der Waals surface area (Å²) in [6.45, 7) is 0.516. The van der Waals surface area contributed by atoms with E-state index in [2.05, 4.69) is 0 Å². The zero-order chi connectivity index (χ0) is 18.2. The van der Waals surface area contributed by atoms with Crippen molar-refractivity contribution >= 4 is 12.0 Å². The monoisotopic (exact) mass is 345 g/mol. The summed E-state index contributed by atoms with van der Waals surface area (Å²) in [5, 5.41) is 0. The molecule has 0 aromatic heterocycles. The average molecular weight is 345 g/mol. The Hall–Kier alpha value is -3.53. The Morgan fingerprint density at radius 3 is 2.23 bits per heavy atom. The minimum absolute atomic E-state index is 0.500. The van der Waals surface area contributed by atoms with Crippen molar-refractivity contribution in [3.63, 3.8) is 0 Å². The number of hydrogen-bond acceptors (Lipinski definition) is 3. The van der Waals surface area contributed by atoms with Crippen LogP contribution in [0.4, 0.5) is 0 Å². The SMILES string of the molecule is NC(=O)/C=C\c1ccccc1Oc1ccc(OCc2ccccc2)cc1. The Kier molecular flexibility index (Phi) is 5.68. The molecule has 3 aromatic carbocycles. The maximum absolute atomic E-state index is 10.9. The number of carbonyl (C=O) groups is 1. The third-order valence-electron chi connectivity index (χ3n) is 3.65. The molecule has 0 unspecified atom stereocenters. The zero-order valence-electron chi connectivity index (χ0n) is 14.2. The average Bonchev–Trinajstić information content (AvgIpc) is 2.67. The summed E-state index contributed by atoms with van der Waals surface area (Å²) in [7, 11) is 0. The molecule has 0 aliphatic carbocycles. The van der Waals surface area contributed by atoms with Crippen LogP contribution < -0.4 is 15.2 Å². The molecule has 0 atom stereocenters. The molecule has 4 heteroatoms. The molecule has 1 amide bonds. The lowest BCUT2D eigenvalue weighted by Gasteiger charge is -2.10. The molecule has 0 aliphatic heterocycles. The quantitative estimate of drug-likeness (QED) is 0.639. The van der Waals surface area contributed by atoms with E-state index >= 15 is 0 Å². The molecule has 3 rings (SSSR count). The lowest BCUT2D eigenvalue weighted by molar-refractivity contribution is -0.113. The lowest BCUT2D eigenvalue weighted by Crippen LogP contribution is -2.05. The highest BCUT2D eigenvalue weighted by molar-refractivity contribution is 5.90. The van der Waals surface area contributed by atoms with Gasteiger partial charge in [0.2, 0.25) is 5.91 Å². The number of nitrogens with two attached hydrogens (primary N) is 1. The van der Waals surface area contributed by atoms with Crippen LogP contribution in [0.5, 0.6) is 17.2 Å². The van der Waals surface area contributed by atoms with E-state index < -0.39 is 5.91 Å². The molecule has 0 spiro atoms. The predicted octanol–water partition coefficient (Wildman–Crippen LogP) is 4.56. The second-order valence-electron chi connectivity index (χ2n) is 5.62. The maximum Gasteiger partial charge on any atom is 0.241 e. The van der Waals surface area contributed by atoms with Crippen molar-refractivity contribution in [3.8, 4) is 17.2 Å². The van der Waals surface area contributed by atoms with E-state index in [-0.39, 0.29) is 0 Å². The Bertz CT molecular complexity index is 887. The molecule has 2 N–H and O–H groups in total. The van der Waals surface area contributed by atoms with Crippen molar-refractivity contribution in [2.45, 2.75) is 6.61 Å². The van der Waals surface area contributed by atoms with Crippen LogP contribution in [0.2, 0.25) is 0 Å². The van der Waals surface area contributed by atoms with Gasteiger partial charge in [0.1, 0.15) is 23.9 Å². The van der Waals surface area contributed by atoms with Crippen LogP contribution in [-0.4, -0.2) is 5.91 Å². The molecular formula is C22H19NO3. The molecule has 130 valence electrons. The Morgan fingerprint density at radius 2 is 1.50 bits per heavy atom. The molecule has 3 aromatic rings. The summed E-state index contributed by atoms with van der Waals surface area (Å²) in [5.74, 6) is 1.59. The Morgan fingerprint density at radius 1 is 0.846 bits per heavy atom. The van der Waals surface area contributed by atoms with Gasteiger partial charge in [-0.25, -0.2) is 0 Å². The van der Waals surface area contributed by atoms with Crippen LogP contribution in [0, 0.1) is 0 Å². The van der Waals surface area contributed by atoms with Crippen LogP contribution in [0.1, 0.15) is 11.1 Å². The van der Waals surface area contributed by atoms with Crippen molar-refractivity contribution in [2.24, 2.45) is 5.73 Å². The van der Waals surface area contributed by atoms with Gasteiger partial charge in [-0.2, -0.15) is 0 Å². The van der Waals surface area contributed by atoms with Gasteiger partial charge >= 0.3 is 0 Å². The predicted molar refractivity (Wildman–Crippen MR) is 102 cm³/mol. The maximum atomic E-state index is 10.9. The molecule has 0 aliphatic rings. The number of para-hydroxylation sites is 1. The van der Waals surface area contributed by atoms with E-state index in [4.69, 9.17) is 15.2 Å². The lowest BCUT2D eigenvalue weighted by atomic mass is 10.2. The molecule has 0 fully saturated rings. The topological polar surface area (TPSA) is 61.6 Å². The standard InChI is InChI=1S/C22H19NO3/c23-22(24)15-10-18-8-4-5-9-21(18)26-20-13-11-19(12-14-20)25-16-17-6-2-1-3-7-17/h1-15H,16H2,(H2,23,24)/b15-10-. The van der Waals surface area contributed by atoms with E-state index in [0.29, 0.717) is 18.1 Å². The van der Waals surface area contributed by atoms with Crippen LogP contribution in [-0.2, 0) is 11.4 Å². The number of primary amides is 1. The third-order valence-corrected chi connectivity index (χ3v) is 3.65. The first-order chi connectivity index (χ1) is 12.7. The molecule has 0 saturated carbocycles. The third kappa shape index (κ3) is 4.98. The van der Waals surface area contributed by atoms with E-state index in [9.17, 15) is 4.79 Å². The first-order valence-corrected chi connectivity index (χ1v) is 8.22. The first-order valence-electron chi connectivity index (χ1n) is 8.22. The van der Waals surface area contributed by atoms with Gasteiger partial charge in [0, 0.05) is 11.6 Å². The normalized spacial score (nSPS) is 10.6. The van der Waals surface area contributed by atoms with Gasteiger partial charge in [0.15, 0.2) is 0 Å². The van der Waals surface area contributed by atoms with E-state index in [1.165, 1.54) is 6.08 Å². The van der Waals surface area contributed by atoms with Crippen LogP contribution in [0.15, 0.2) is 84.9 Å².